The quantitative estimate of drug-likeness (QED) is 0.478. The van der Waals surface area contributed by atoms with Crippen LogP contribution in [0.5, 0.6) is 5.75 Å². The lowest BCUT2D eigenvalue weighted by atomic mass is 10.1. The average molecular weight is 253 g/mol. The van der Waals surface area contributed by atoms with E-state index in [1.807, 2.05) is 0 Å². The first-order valence-corrected chi connectivity index (χ1v) is 5.71. The third-order valence-electron chi connectivity index (χ3n) is 2.80. The van der Waals surface area contributed by atoms with Crippen LogP contribution in [0, 0.1) is 10.1 Å². The molecule has 1 fully saturated rings. The molecule has 7 heteroatoms. The Labute approximate surface area is 104 Å². The van der Waals surface area contributed by atoms with Crippen LogP contribution < -0.4 is 16.0 Å². The molecule has 0 spiro atoms. The Morgan fingerprint density at radius 2 is 2.17 bits per heavy atom. The summed E-state index contributed by atoms with van der Waals surface area (Å²) in [5, 5.41) is 11.0. The van der Waals surface area contributed by atoms with Crippen molar-refractivity contribution in [2.45, 2.75) is 18.9 Å². The van der Waals surface area contributed by atoms with Crippen LogP contribution in [0.2, 0.25) is 0 Å². The molecule has 1 aromatic rings. The van der Waals surface area contributed by atoms with Gasteiger partial charge in [-0.15, -0.1) is 0 Å². The standard InChI is InChI=1S/C11H15N3O4/c12-13-9-2-1-3-10(11(9)14(15)16)18-8-4-6-17-7-5-8/h1-3,8,13H,4-7,12H2. The molecule has 1 saturated heterocycles. The molecule has 1 aliphatic rings. The van der Waals surface area contributed by atoms with Crippen molar-refractivity contribution in [2.24, 2.45) is 5.84 Å². The Morgan fingerprint density at radius 3 is 2.78 bits per heavy atom. The van der Waals surface area contributed by atoms with Gasteiger partial charge in [0.05, 0.1) is 18.1 Å². The summed E-state index contributed by atoms with van der Waals surface area (Å²) in [5.41, 5.74) is 2.42. The van der Waals surface area contributed by atoms with Crippen molar-refractivity contribution in [3.63, 3.8) is 0 Å². The number of anilines is 1. The Bertz CT molecular complexity index is 432. The van der Waals surface area contributed by atoms with Crippen LogP contribution in [0.3, 0.4) is 0 Å². The van der Waals surface area contributed by atoms with Gasteiger partial charge < -0.3 is 14.9 Å². The normalized spacial score (nSPS) is 16.3. The van der Waals surface area contributed by atoms with E-state index in [4.69, 9.17) is 15.3 Å². The number of nitrogens with one attached hydrogen (secondary N) is 1. The van der Waals surface area contributed by atoms with Gasteiger partial charge in [0, 0.05) is 12.8 Å². The molecule has 0 atom stereocenters. The van der Waals surface area contributed by atoms with Gasteiger partial charge in [-0.2, -0.15) is 0 Å². The maximum atomic E-state index is 11.0. The van der Waals surface area contributed by atoms with Crippen LogP contribution in [-0.2, 0) is 4.74 Å². The lowest BCUT2D eigenvalue weighted by Gasteiger charge is -2.23. The van der Waals surface area contributed by atoms with Crippen LogP contribution in [0.1, 0.15) is 12.8 Å². The third-order valence-corrected chi connectivity index (χ3v) is 2.80. The maximum Gasteiger partial charge on any atom is 0.335 e. The van der Waals surface area contributed by atoms with Crippen molar-refractivity contribution in [1.82, 2.24) is 0 Å². The van der Waals surface area contributed by atoms with Gasteiger partial charge in [0.2, 0.25) is 0 Å². The highest BCUT2D eigenvalue weighted by molar-refractivity contribution is 5.67. The fourth-order valence-electron chi connectivity index (χ4n) is 1.90. The number of nitrogens with zero attached hydrogens (tertiary/aromatic N) is 1. The minimum absolute atomic E-state index is 0.0505. The molecule has 98 valence electrons. The largest absolute Gasteiger partial charge is 0.483 e. The van der Waals surface area contributed by atoms with Gasteiger partial charge in [-0.05, 0) is 12.1 Å². The molecule has 18 heavy (non-hydrogen) atoms. The van der Waals surface area contributed by atoms with E-state index in [1.54, 1.807) is 12.1 Å². The number of ether oxygens (including phenoxy) is 2. The predicted molar refractivity (Wildman–Crippen MR) is 65.4 cm³/mol. The van der Waals surface area contributed by atoms with Crippen LogP contribution in [0.25, 0.3) is 0 Å². The van der Waals surface area contributed by atoms with E-state index in [0.29, 0.717) is 13.2 Å². The highest BCUT2D eigenvalue weighted by atomic mass is 16.6. The van der Waals surface area contributed by atoms with Gasteiger partial charge in [0.15, 0.2) is 5.75 Å². The van der Waals surface area contributed by atoms with Gasteiger partial charge in [-0.3, -0.25) is 16.0 Å². The van der Waals surface area contributed by atoms with Crippen LogP contribution in [-0.4, -0.2) is 24.2 Å². The summed E-state index contributed by atoms with van der Waals surface area (Å²) in [6.07, 6.45) is 1.42. The fourth-order valence-corrected chi connectivity index (χ4v) is 1.90. The Hall–Kier alpha value is -1.86. The molecule has 0 aliphatic carbocycles. The topological polar surface area (TPSA) is 99.7 Å². The van der Waals surface area contributed by atoms with Gasteiger partial charge in [-0.25, -0.2) is 0 Å². The second-order valence-electron chi connectivity index (χ2n) is 3.98. The zero-order valence-corrected chi connectivity index (χ0v) is 9.80. The summed E-state index contributed by atoms with van der Waals surface area (Å²) < 4.78 is 10.9. The van der Waals surface area contributed by atoms with Gasteiger partial charge in [0.1, 0.15) is 11.8 Å². The number of hydrazine groups is 1. The van der Waals surface area contributed by atoms with Crippen molar-refractivity contribution in [2.75, 3.05) is 18.6 Å². The lowest BCUT2D eigenvalue weighted by Crippen LogP contribution is -2.26. The predicted octanol–water partition coefficient (Wildman–Crippen LogP) is 1.44. The number of nitro groups is 1. The summed E-state index contributed by atoms with van der Waals surface area (Å²) in [7, 11) is 0. The molecular formula is C11H15N3O4. The van der Waals surface area contributed by atoms with Crippen molar-refractivity contribution in [3.8, 4) is 5.75 Å². The second kappa shape index (κ2) is 5.65. The number of hydrogen-bond acceptors (Lipinski definition) is 6. The van der Waals surface area contributed by atoms with E-state index < -0.39 is 4.92 Å². The Kier molecular flexibility index (Phi) is 3.96. The number of para-hydroxylation sites is 1. The van der Waals surface area contributed by atoms with Crippen molar-refractivity contribution >= 4 is 11.4 Å². The molecule has 2 rings (SSSR count). The van der Waals surface area contributed by atoms with E-state index in [-0.39, 0.29) is 23.2 Å². The Morgan fingerprint density at radius 1 is 1.44 bits per heavy atom. The zero-order chi connectivity index (χ0) is 13.0. The van der Waals surface area contributed by atoms with Crippen LogP contribution >= 0.6 is 0 Å². The number of nitrogens with two attached hydrogens (primary N) is 1. The highest BCUT2D eigenvalue weighted by Gasteiger charge is 2.24. The summed E-state index contributed by atoms with van der Waals surface area (Å²) in [5.74, 6) is 5.50. The smallest absolute Gasteiger partial charge is 0.335 e. The first-order valence-electron chi connectivity index (χ1n) is 5.71. The monoisotopic (exact) mass is 253 g/mol. The lowest BCUT2D eigenvalue weighted by molar-refractivity contribution is -0.385. The maximum absolute atomic E-state index is 11.0. The first-order chi connectivity index (χ1) is 8.72. The first kappa shape index (κ1) is 12.6. The molecule has 0 saturated carbocycles. The average Bonchev–Trinajstić information content (AvgIpc) is 2.39. The number of nitrogen functional groups attached to an aromatic ring is 1. The number of nitro benzene ring substituents is 1. The summed E-state index contributed by atoms with van der Waals surface area (Å²) in [4.78, 5) is 10.6. The van der Waals surface area contributed by atoms with E-state index in [2.05, 4.69) is 5.43 Å². The van der Waals surface area contributed by atoms with E-state index >= 15 is 0 Å². The van der Waals surface area contributed by atoms with Gasteiger partial charge >= 0.3 is 5.69 Å². The molecule has 0 bridgehead atoms. The van der Waals surface area contributed by atoms with Crippen molar-refractivity contribution < 1.29 is 14.4 Å². The number of rotatable bonds is 4. The van der Waals surface area contributed by atoms with Gasteiger partial charge in [0.25, 0.3) is 0 Å². The SMILES string of the molecule is NNc1cccc(OC2CCOCC2)c1[N+](=O)[O-]. The molecular weight excluding hydrogens is 238 g/mol. The fraction of sp³-hybridized carbons (Fsp3) is 0.455. The summed E-state index contributed by atoms with van der Waals surface area (Å²) in [6, 6.07) is 4.78. The van der Waals surface area contributed by atoms with E-state index in [0.717, 1.165) is 12.8 Å². The van der Waals surface area contributed by atoms with E-state index in [1.165, 1.54) is 6.07 Å². The Balaban J connectivity index is 2.23. The molecule has 0 amide bonds. The summed E-state index contributed by atoms with van der Waals surface area (Å²) in [6.45, 7) is 1.24. The minimum Gasteiger partial charge on any atom is -0.483 e. The molecule has 3 N–H and O–H groups in total. The number of benzene rings is 1. The molecule has 1 aliphatic heterocycles. The highest BCUT2D eigenvalue weighted by Crippen LogP contribution is 2.35. The van der Waals surface area contributed by atoms with E-state index in [9.17, 15) is 10.1 Å². The van der Waals surface area contributed by atoms with Crippen LogP contribution in [0.4, 0.5) is 11.4 Å². The molecule has 0 unspecified atom stereocenters. The summed E-state index contributed by atoms with van der Waals surface area (Å²) >= 11 is 0. The molecule has 7 nitrogen and oxygen atoms in total. The molecule has 0 aromatic heterocycles. The van der Waals surface area contributed by atoms with Crippen molar-refractivity contribution in [3.05, 3.63) is 28.3 Å². The third kappa shape index (κ3) is 2.69. The molecule has 0 radical (unpaired) electrons. The minimum atomic E-state index is -0.496. The van der Waals surface area contributed by atoms with Crippen molar-refractivity contribution in [1.29, 1.82) is 0 Å². The van der Waals surface area contributed by atoms with Gasteiger partial charge in [-0.1, -0.05) is 6.07 Å². The zero-order valence-electron chi connectivity index (χ0n) is 9.80. The molecule has 1 aromatic carbocycles. The second-order valence-corrected chi connectivity index (χ2v) is 3.98. The molecule has 1 heterocycles. The number of hydrogen-bond donors (Lipinski definition) is 2. The van der Waals surface area contributed by atoms with Crippen LogP contribution in [0.15, 0.2) is 18.2 Å².